The molecule has 0 aromatic rings. The highest BCUT2D eigenvalue weighted by atomic mass is 16.6. The van der Waals surface area contributed by atoms with Gasteiger partial charge in [-0.3, -0.25) is 4.79 Å². The fraction of sp³-hybridized carbons (Fsp3) is 0.778. The van der Waals surface area contributed by atoms with Crippen molar-refractivity contribution in [1.29, 1.82) is 0 Å². The largest absolute Gasteiger partial charge is 0.469 e. The Morgan fingerprint density at radius 1 is 1.42 bits per heavy atom. The van der Waals surface area contributed by atoms with E-state index in [1.807, 2.05) is 0 Å². The molecule has 1 rings (SSSR count). The van der Waals surface area contributed by atoms with Crippen LogP contribution >= 0.6 is 0 Å². The maximum atomic E-state index is 12.2. The number of amides is 1. The molecule has 0 spiro atoms. The molecular formula is C18H32N2O4. The van der Waals surface area contributed by atoms with Crippen LogP contribution in [0, 0.1) is 5.92 Å². The number of hydrogen-bond donors (Lipinski definition) is 2. The van der Waals surface area contributed by atoms with Crippen molar-refractivity contribution in [3.05, 3.63) is 12.2 Å². The third-order valence-electron chi connectivity index (χ3n) is 4.22. The highest BCUT2D eigenvalue weighted by Crippen LogP contribution is 2.25. The van der Waals surface area contributed by atoms with E-state index in [2.05, 4.69) is 24.1 Å². The SMILES string of the molecule is C=C1CC[C@H](C)NC1CC(C(=O)OC)[C@@H](C)NC(=O)OC(C)(C)C. The van der Waals surface area contributed by atoms with Gasteiger partial charge in [0.05, 0.1) is 13.0 Å². The Bertz CT molecular complexity index is 470. The minimum Gasteiger partial charge on any atom is -0.469 e. The van der Waals surface area contributed by atoms with Gasteiger partial charge < -0.3 is 20.1 Å². The van der Waals surface area contributed by atoms with Crippen molar-refractivity contribution in [2.45, 2.75) is 77.6 Å². The number of nitrogens with one attached hydrogen (secondary N) is 2. The predicted octanol–water partition coefficient (Wildman–Crippen LogP) is 2.78. The third-order valence-corrected chi connectivity index (χ3v) is 4.22. The smallest absolute Gasteiger partial charge is 0.407 e. The second-order valence-electron chi connectivity index (χ2n) is 7.62. The summed E-state index contributed by atoms with van der Waals surface area (Å²) in [5, 5.41) is 6.22. The zero-order chi connectivity index (χ0) is 18.5. The molecule has 2 unspecified atom stereocenters. The molecule has 1 amide bonds. The highest BCUT2D eigenvalue weighted by Gasteiger charge is 2.33. The Morgan fingerprint density at radius 3 is 2.58 bits per heavy atom. The number of carbonyl (C=O) groups excluding carboxylic acids is 2. The molecule has 4 atom stereocenters. The van der Waals surface area contributed by atoms with Gasteiger partial charge in [0.25, 0.3) is 0 Å². The Hall–Kier alpha value is -1.56. The molecule has 0 saturated carbocycles. The standard InChI is InChI=1S/C18H32N2O4/c1-11-8-9-12(2)19-15(11)10-14(16(21)23-7)13(3)20-17(22)24-18(4,5)6/h12-15,19H,1,8-10H2,2-7H3,(H,20,22)/t12-,13+,14?,15?/m0/s1. The number of piperidine rings is 1. The van der Waals surface area contributed by atoms with Crippen molar-refractivity contribution in [1.82, 2.24) is 10.6 Å². The summed E-state index contributed by atoms with van der Waals surface area (Å²) in [4.78, 5) is 24.2. The minimum atomic E-state index is -0.584. The fourth-order valence-electron chi connectivity index (χ4n) is 2.86. The molecule has 24 heavy (non-hydrogen) atoms. The van der Waals surface area contributed by atoms with E-state index in [1.54, 1.807) is 27.7 Å². The maximum Gasteiger partial charge on any atom is 0.407 e. The van der Waals surface area contributed by atoms with Crippen LogP contribution in [0.2, 0.25) is 0 Å². The van der Waals surface area contributed by atoms with E-state index in [0.717, 1.165) is 18.4 Å². The van der Waals surface area contributed by atoms with Gasteiger partial charge in [-0.25, -0.2) is 4.79 Å². The van der Waals surface area contributed by atoms with Gasteiger partial charge in [0.2, 0.25) is 0 Å². The van der Waals surface area contributed by atoms with Crippen LogP contribution in [0.25, 0.3) is 0 Å². The molecule has 6 heteroatoms. The Morgan fingerprint density at radius 2 is 2.04 bits per heavy atom. The van der Waals surface area contributed by atoms with Crippen LogP contribution in [0.15, 0.2) is 12.2 Å². The van der Waals surface area contributed by atoms with Crippen LogP contribution in [0.1, 0.15) is 53.9 Å². The van der Waals surface area contributed by atoms with Gasteiger partial charge in [0, 0.05) is 18.1 Å². The monoisotopic (exact) mass is 340 g/mol. The second-order valence-corrected chi connectivity index (χ2v) is 7.62. The fourth-order valence-corrected chi connectivity index (χ4v) is 2.86. The summed E-state index contributed by atoms with van der Waals surface area (Å²) >= 11 is 0. The molecule has 1 aliphatic heterocycles. The average Bonchev–Trinajstić information content (AvgIpc) is 2.45. The van der Waals surface area contributed by atoms with E-state index >= 15 is 0 Å². The van der Waals surface area contributed by atoms with Gasteiger partial charge in [0.1, 0.15) is 5.60 Å². The van der Waals surface area contributed by atoms with Crippen molar-refractivity contribution in [3.8, 4) is 0 Å². The Kier molecular flexibility index (Phi) is 7.27. The molecule has 1 aliphatic rings. The zero-order valence-electron chi connectivity index (χ0n) is 15.8. The number of methoxy groups -OCH3 is 1. The lowest BCUT2D eigenvalue weighted by Gasteiger charge is -2.34. The molecule has 138 valence electrons. The number of hydrogen-bond acceptors (Lipinski definition) is 5. The topological polar surface area (TPSA) is 76.7 Å². The van der Waals surface area contributed by atoms with Gasteiger partial charge in [-0.15, -0.1) is 0 Å². The van der Waals surface area contributed by atoms with Crippen molar-refractivity contribution in [2.24, 2.45) is 5.92 Å². The van der Waals surface area contributed by atoms with Crippen LogP contribution in [0.4, 0.5) is 4.79 Å². The van der Waals surface area contributed by atoms with Crippen LogP contribution in [0.5, 0.6) is 0 Å². The molecule has 2 N–H and O–H groups in total. The lowest BCUT2D eigenvalue weighted by molar-refractivity contribution is -0.146. The first kappa shape index (κ1) is 20.5. The first-order valence-electron chi connectivity index (χ1n) is 8.54. The molecule has 0 aliphatic carbocycles. The van der Waals surface area contributed by atoms with Crippen molar-refractivity contribution in [3.63, 3.8) is 0 Å². The molecule has 6 nitrogen and oxygen atoms in total. The lowest BCUT2D eigenvalue weighted by Crippen LogP contribution is -2.49. The molecule has 1 heterocycles. The van der Waals surface area contributed by atoms with Crippen molar-refractivity contribution < 1.29 is 19.1 Å². The molecule has 1 saturated heterocycles. The summed E-state index contributed by atoms with van der Waals surface area (Å²) in [6.45, 7) is 13.4. The van der Waals surface area contributed by atoms with E-state index in [1.165, 1.54) is 7.11 Å². The quantitative estimate of drug-likeness (QED) is 0.594. The van der Waals surface area contributed by atoms with Gasteiger partial charge in [-0.05, 0) is 53.9 Å². The van der Waals surface area contributed by atoms with Gasteiger partial charge in [-0.1, -0.05) is 12.2 Å². The zero-order valence-corrected chi connectivity index (χ0v) is 15.8. The summed E-state index contributed by atoms with van der Waals surface area (Å²) in [7, 11) is 1.36. The molecule has 0 radical (unpaired) electrons. The summed E-state index contributed by atoms with van der Waals surface area (Å²) in [6, 6.07) is 0.0211. The summed E-state index contributed by atoms with van der Waals surface area (Å²) < 4.78 is 10.2. The molecular weight excluding hydrogens is 308 g/mol. The number of rotatable bonds is 5. The Labute approximate surface area is 145 Å². The van der Waals surface area contributed by atoms with Crippen LogP contribution in [-0.4, -0.2) is 42.9 Å². The third kappa shape index (κ3) is 6.51. The first-order chi connectivity index (χ1) is 11.0. The van der Waals surface area contributed by atoms with E-state index < -0.39 is 23.7 Å². The summed E-state index contributed by atoms with van der Waals surface area (Å²) in [6.07, 6.45) is 1.99. The van der Waals surface area contributed by atoms with E-state index in [0.29, 0.717) is 12.5 Å². The van der Waals surface area contributed by atoms with Gasteiger partial charge in [0.15, 0.2) is 0 Å². The van der Waals surface area contributed by atoms with E-state index in [9.17, 15) is 9.59 Å². The van der Waals surface area contributed by atoms with E-state index in [4.69, 9.17) is 9.47 Å². The number of esters is 1. The van der Waals surface area contributed by atoms with Crippen LogP contribution in [-0.2, 0) is 14.3 Å². The van der Waals surface area contributed by atoms with Gasteiger partial charge >= 0.3 is 12.1 Å². The number of alkyl carbamates (subject to hydrolysis) is 1. The summed E-state index contributed by atoms with van der Waals surface area (Å²) in [5.41, 5.74) is 0.505. The average molecular weight is 340 g/mol. The predicted molar refractivity (Wildman–Crippen MR) is 93.7 cm³/mol. The molecule has 0 aromatic heterocycles. The molecule has 0 bridgehead atoms. The normalized spacial score (nSPS) is 24.0. The van der Waals surface area contributed by atoms with Crippen molar-refractivity contribution >= 4 is 12.1 Å². The second kappa shape index (κ2) is 8.51. The number of ether oxygens (including phenoxy) is 2. The van der Waals surface area contributed by atoms with E-state index in [-0.39, 0.29) is 12.0 Å². The maximum absolute atomic E-state index is 12.2. The first-order valence-corrected chi connectivity index (χ1v) is 8.54. The lowest BCUT2D eigenvalue weighted by atomic mass is 9.85. The van der Waals surface area contributed by atoms with Crippen LogP contribution < -0.4 is 10.6 Å². The minimum absolute atomic E-state index is 0.0423. The highest BCUT2D eigenvalue weighted by molar-refractivity contribution is 5.75. The number of carbonyl (C=O) groups is 2. The summed E-state index contributed by atoms with van der Waals surface area (Å²) in [5.74, 6) is -0.812. The van der Waals surface area contributed by atoms with Crippen LogP contribution in [0.3, 0.4) is 0 Å². The Balaban J connectivity index is 2.75. The molecule has 1 fully saturated rings. The van der Waals surface area contributed by atoms with Crippen molar-refractivity contribution in [2.75, 3.05) is 7.11 Å². The molecule has 0 aromatic carbocycles. The van der Waals surface area contributed by atoms with Gasteiger partial charge in [-0.2, -0.15) is 0 Å².